The fourth-order valence-corrected chi connectivity index (χ4v) is 2.43. The summed E-state index contributed by atoms with van der Waals surface area (Å²) >= 11 is 0. The van der Waals surface area contributed by atoms with Gasteiger partial charge in [0.1, 0.15) is 12.4 Å². The van der Waals surface area contributed by atoms with Crippen molar-refractivity contribution in [1.29, 1.82) is 0 Å². The van der Waals surface area contributed by atoms with Crippen molar-refractivity contribution >= 4 is 5.91 Å². The topological polar surface area (TPSA) is 41.6 Å². The van der Waals surface area contributed by atoms with Crippen LogP contribution in [0, 0.1) is 0 Å². The van der Waals surface area contributed by atoms with Gasteiger partial charge in [0, 0.05) is 12.6 Å². The minimum atomic E-state index is 0.0523. The van der Waals surface area contributed by atoms with E-state index in [0.29, 0.717) is 25.7 Å². The predicted octanol–water partition coefficient (Wildman–Crippen LogP) is 1.83. The van der Waals surface area contributed by atoms with E-state index in [2.05, 4.69) is 16.8 Å². The summed E-state index contributed by atoms with van der Waals surface area (Å²) in [4.78, 5) is 13.9. The van der Waals surface area contributed by atoms with E-state index in [1.165, 1.54) is 0 Å². The maximum atomic E-state index is 11.7. The molecule has 1 N–H and O–H groups in total. The molecule has 20 heavy (non-hydrogen) atoms. The van der Waals surface area contributed by atoms with Crippen LogP contribution in [0.1, 0.15) is 12.8 Å². The first-order valence-corrected chi connectivity index (χ1v) is 7.09. The van der Waals surface area contributed by atoms with Crippen LogP contribution in [0.4, 0.5) is 0 Å². The number of amides is 1. The Hall–Kier alpha value is -1.81. The fourth-order valence-electron chi connectivity index (χ4n) is 2.43. The smallest absolute Gasteiger partial charge is 0.234 e. The summed E-state index contributed by atoms with van der Waals surface area (Å²) in [7, 11) is 0. The number of hydrogen-bond donors (Lipinski definition) is 1. The molecule has 1 fully saturated rings. The molecule has 0 saturated carbocycles. The van der Waals surface area contributed by atoms with E-state index in [9.17, 15) is 4.79 Å². The van der Waals surface area contributed by atoms with Gasteiger partial charge in [0.15, 0.2) is 0 Å². The van der Waals surface area contributed by atoms with Gasteiger partial charge in [-0.1, -0.05) is 24.3 Å². The highest BCUT2D eigenvalue weighted by Crippen LogP contribution is 2.18. The van der Waals surface area contributed by atoms with Crippen LogP contribution >= 0.6 is 0 Å². The second-order valence-corrected chi connectivity index (χ2v) is 4.98. The zero-order chi connectivity index (χ0) is 14.2. The molecule has 0 radical (unpaired) electrons. The number of carbonyl (C=O) groups excluding carboxylic acids is 1. The van der Waals surface area contributed by atoms with Crippen LogP contribution in [0.2, 0.25) is 0 Å². The number of likely N-dealkylation sites (tertiary alicyclic amines) is 1. The van der Waals surface area contributed by atoms with E-state index in [4.69, 9.17) is 4.74 Å². The molecule has 0 aliphatic carbocycles. The molecule has 1 heterocycles. The zero-order valence-corrected chi connectivity index (χ0v) is 11.8. The number of nitrogens with one attached hydrogen (secondary N) is 1. The minimum absolute atomic E-state index is 0.0523. The van der Waals surface area contributed by atoms with Crippen LogP contribution in [-0.4, -0.2) is 43.1 Å². The van der Waals surface area contributed by atoms with Crippen LogP contribution in [0.5, 0.6) is 5.75 Å². The van der Waals surface area contributed by atoms with Crippen LogP contribution in [0.25, 0.3) is 0 Å². The number of ether oxygens (including phenoxy) is 1. The fraction of sp³-hybridized carbons (Fsp3) is 0.438. The van der Waals surface area contributed by atoms with Crippen molar-refractivity contribution < 1.29 is 9.53 Å². The van der Waals surface area contributed by atoms with E-state index in [1.54, 1.807) is 6.08 Å². The zero-order valence-electron chi connectivity index (χ0n) is 11.8. The molecular formula is C16H22N2O2. The van der Waals surface area contributed by atoms with Gasteiger partial charge in [-0.3, -0.25) is 9.69 Å². The predicted molar refractivity (Wildman–Crippen MR) is 79.7 cm³/mol. The third-order valence-corrected chi connectivity index (χ3v) is 3.47. The van der Waals surface area contributed by atoms with Crippen molar-refractivity contribution in [3.63, 3.8) is 0 Å². The Bertz CT molecular complexity index is 433. The lowest BCUT2D eigenvalue weighted by Crippen LogP contribution is -2.42. The normalized spacial score (nSPS) is 18.7. The monoisotopic (exact) mass is 274 g/mol. The number of benzene rings is 1. The maximum absolute atomic E-state index is 11.7. The molecule has 1 aliphatic heterocycles. The van der Waals surface area contributed by atoms with Crippen LogP contribution in [-0.2, 0) is 4.79 Å². The van der Waals surface area contributed by atoms with Crippen molar-refractivity contribution in [3.05, 3.63) is 43.0 Å². The molecular weight excluding hydrogens is 252 g/mol. The van der Waals surface area contributed by atoms with E-state index in [1.807, 2.05) is 30.3 Å². The highest BCUT2D eigenvalue weighted by Gasteiger charge is 2.26. The summed E-state index contributed by atoms with van der Waals surface area (Å²) in [5, 5.41) is 2.81. The number of nitrogens with zero attached hydrogens (tertiary/aromatic N) is 1. The lowest BCUT2D eigenvalue weighted by molar-refractivity contribution is -0.122. The second-order valence-electron chi connectivity index (χ2n) is 4.98. The average molecular weight is 274 g/mol. The molecule has 0 aromatic heterocycles. The summed E-state index contributed by atoms with van der Waals surface area (Å²) < 4.78 is 5.79. The maximum Gasteiger partial charge on any atom is 0.234 e. The molecule has 1 unspecified atom stereocenters. The molecule has 1 aliphatic rings. The van der Waals surface area contributed by atoms with Crippen LogP contribution in [0.3, 0.4) is 0 Å². The number of para-hydroxylation sites is 1. The van der Waals surface area contributed by atoms with Crippen molar-refractivity contribution in [2.24, 2.45) is 0 Å². The summed E-state index contributed by atoms with van der Waals surface area (Å²) in [6.45, 7) is 6.16. The molecule has 108 valence electrons. The molecule has 1 saturated heterocycles. The Labute approximate surface area is 120 Å². The van der Waals surface area contributed by atoms with Gasteiger partial charge in [-0.15, -0.1) is 6.58 Å². The highest BCUT2D eigenvalue weighted by atomic mass is 16.5. The SMILES string of the molecule is C=CCNC(=O)CN1CCCC1COc1ccccc1. The highest BCUT2D eigenvalue weighted by molar-refractivity contribution is 5.78. The summed E-state index contributed by atoms with van der Waals surface area (Å²) in [5.74, 6) is 0.937. The third kappa shape index (κ3) is 4.38. The van der Waals surface area contributed by atoms with Gasteiger partial charge in [-0.25, -0.2) is 0 Å². The Morgan fingerprint density at radius 1 is 1.45 bits per heavy atom. The molecule has 1 atom stereocenters. The lowest BCUT2D eigenvalue weighted by Gasteiger charge is -2.23. The number of hydrogen-bond acceptors (Lipinski definition) is 3. The molecule has 1 aromatic rings. The van der Waals surface area contributed by atoms with E-state index in [-0.39, 0.29) is 5.91 Å². The lowest BCUT2D eigenvalue weighted by atomic mass is 10.2. The summed E-state index contributed by atoms with van der Waals surface area (Å²) in [5.41, 5.74) is 0. The van der Waals surface area contributed by atoms with Gasteiger partial charge in [0.05, 0.1) is 6.54 Å². The van der Waals surface area contributed by atoms with Gasteiger partial charge in [0.2, 0.25) is 5.91 Å². The molecule has 0 bridgehead atoms. The van der Waals surface area contributed by atoms with Gasteiger partial charge in [0.25, 0.3) is 0 Å². The Morgan fingerprint density at radius 3 is 3.00 bits per heavy atom. The second kappa shape index (κ2) is 7.70. The number of rotatable bonds is 7. The Kier molecular flexibility index (Phi) is 5.62. The molecule has 1 amide bonds. The molecule has 4 heteroatoms. The van der Waals surface area contributed by atoms with Gasteiger partial charge < -0.3 is 10.1 Å². The van der Waals surface area contributed by atoms with Gasteiger partial charge in [-0.05, 0) is 31.5 Å². The van der Waals surface area contributed by atoms with Crippen molar-refractivity contribution in [3.8, 4) is 5.75 Å². The van der Waals surface area contributed by atoms with E-state index in [0.717, 1.165) is 25.1 Å². The standard InChI is InChI=1S/C16H22N2O2/c1-2-10-17-16(19)12-18-11-6-7-14(18)13-20-15-8-4-3-5-9-15/h2-5,8-9,14H,1,6-7,10-13H2,(H,17,19). The molecule has 0 spiro atoms. The molecule has 2 rings (SSSR count). The Morgan fingerprint density at radius 2 is 2.25 bits per heavy atom. The molecule has 4 nitrogen and oxygen atoms in total. The van der Waals surface area contributed by atoms with Crippen molar-refractivity contribution in [2.45, 2.75) is 18.9 Å². The average Bonchev–Trinajstić information content (AvgIpc) is 2.91. The van der Waals surface area contributed by atoms with Crippen LogP contribution in [0.15, 0.2) is 43.0 Å². The summed E-state index contributed by atoms with van der Waals surface area (Å²) in [6.07, 6.45) is 3.90. The largest absolute Gasteiger partial charge is 0.492 e. The number of carbonyl (C=O) groups is 1. The van der Waals surface area contributed by atoms with Crippen molar-refractivity contribution in [1.82, 2.24) is 10.2 Å². The minimum Gasteiger partial charge on any atom is -0.492 e. The first-order chi connectivity index (χ1) is 9.79. The third-order valence-electron chi connectivity index (χ3n) is 3.47. The first-order valence-electron chi connectivity index (χ1n) is 7.09. The van der Waals surface area contributed by atoms with Crippen LogP contribution < -0.4 is 10.1 Å². The van der Waals surface area contributed by atoms with Gasteiger partial charge >= 0.3 is 0 Å². The van der Waals surface area contributed by atoms with E-state index < -0.39 is 0 Å². The summed E-state index contributed by atoms with van der Waals surface area (Å²) in [6, 6.07) is 10.1. The quantitative estimate of drug-likeness (QED) is 0.771. The van der Waals surface area contributed by atoms with E-state index >= 15 is 0 Å². The first kappa shape index (κ1) is 14.6. The Balaban J connectivity index is 1.78. The van der Waals surface area contributed by atoms with Crippen molar-refractivity contribution in [2.75, 3.05) is 26.2 Å². The molecule has 1 aromatic carbocycles. The van der Waals surface area contributed by atoms with Gasteiger partial charge in [-0.2, -0.15) is 0 Å².